The van der Waals surface area contributed by atoms with Crippen molar-refractivity contribution in [3.8, 4) is 10.6 Å². The number of carboxylic acid groups (broad SMARTS) is 1. The highest BCUT2D eigenvalue weighted by Crippen LogP contribution is 2.35. The molecule has 0 atom stereocenters. The summed E-state index contributed by atoms with van der Waals surface area (Å²) >= 11 is 1.47. The molecule has 1 amide bonds. The van der Waals surface area contributed by atoms with E-state index in [0.29, 0.717) is 6.54 Å². The molecule has 3 rings (SSSR count). The van der Waals surface area contributed by atoms with Crippen LogP contribution >= 0.6 is 11.3 Å². The van der Waals surface area contributed by atoms with Crippen LogP contribution in [0, 0.1) is 0 Å². The number of nitrogens with zero attached hydrogens (tertiary/aromatic N) is 3. The minimum Gasteiger partial charge on any atom is -0.465 e. The van der Waals surface area contributed by atoms with E-state index in [1.54, 1.807) is 5.51 Å². The van der Waals surface area contributed by atoms with Gasteiger partial charge in [0.2, 0.25) is 0 Å². The van der Waals surface area contributed by atoms with Gasteiger partial charge < -0.3 is 5.11 Å². The molecule has 2 heterocycles. The second kappa shape index (κ2) is 4.38. The summed E-state index contributed by atoms with van der Waals surface area (Å²) in [5.41, 5.74) is 4.53. The fraction of sp³-hybridized carbons (Fsp3) is 0.250. The Hall–Kier alpha value is -1.95. The average molecular weight is 261 g/mol. The molecule has 6 heteroatoms. The zero-order chi connectivity index (χ0) is 12.5. The van der Waals surface area contributed by atoms with Gasteiger partial charge in [0, 0.05) is 12.1 Å². The predicted molar refractivity (Wildman–Crippen MR) is 69.0 cm³/mol. The Labute approximate surface area is 108 Å². The van der Waals surface area contributed by atoms with E-state index in [1.807, 2.05) is 18.2 Å². The van der Waals surface area contributed by atoms with Crippen molar-refractivity contribution in [2.45, 2.75) is 12.8 Å². The molecule has 0 unspecified atom stereocenters. The van der Waals surface area contributed by atoms with Crippen molar-refractivity contribution in [1.29, 1.82) is 0 Å². The lowest BCUT2D eigenvalue weighted by Gasteiger charge is -2.28. The van der Waals surface area contributed by atoms with Gasteiger partial charge in [0.05, 0.1) is 5.69 Å². The van der Waals surface area contributed by atoms with E-state index >= 15 is 0 Å². The highest BCUT2D eigenvalue weighted by Gasteiger charge is 2.24. The smallest absolute Gasteiger partial charge is 0.411 e. The van der Waals surface area contributed by atoms with E-state index < -0.39 is 6.09 Å². The Kier molecular flexibility index (Phi) is 2.71. The van der Waals surface area contributed by atoms with Crippen LogP contribution in [-0.4, -0.2) is 27.9 Å². The molecule has 0 saturated heterocycles. The summed E-state index contributed by atoms with van der Waals surface area (Å²) in [6.07, 6.45) is 0.828. The standard InChI is InChI=1S/C12H11N3O2S/c16-12(17)15-6-2-4-8-9(3-1-5-10(8)15)11-14-13-7-18-11/h1,3,5,7H,2,4,6H2,(H,16,17). The summed E-state index contributed by atoms with van der Waals surface area (Å²) < 4.78 is 0. The van der Waals surface area contributed by atoms with Gasteiger partial charge in [-0.25, -0.2) is 4.79 Å². The Balaban J connectivity index is 2.14. The quantitative estimate of drug-likeness (QED) is 0.857. The monoisotopic (exact) mass is 261 g/mol. The molecule has 0 radical (unpaired) electrons. The second-order valence-corrected chi connectivity index (χ2v) is 4.92. The third-order valence-electron chi connectivity index (χ3n) is 3.07. The molecule has 0 bridgehead atoms. The second-order valence-electron chi connectivity index (χ2n) is 4.08. The molecule has 18 heavy (non-hydrogen) atoms. The van der Waals surface area contributed by atoms with Crippen LogP contribution in [-0.2, 0) is 6.42 Å². The van der Waals surface area contributed by atoms with Crippen molar-refractivity contribution in [3.05, 3.63) is 29.3 Å². The van der Waals surface area contributed by atoms with Crippen LogP contribution in [0.1, 0.15) is 12.0 Å². The van der Waals surface area contributed by atoms with E-state index in [2.05, 4.69) is 10.2 Å². The summed E-state index contributed by atoms with van der Waals surface area (Å²) in [6.45, 7) is 0.557. The molecule has 92 valence electrons. The SMILES string of the molecule is O=C(O)N1CCCc2c(-c3nncs3)cccc21. The molecule has 0 fully saturated rings. The number of benzene rings is 1. The van der Waals surface area contributed by atoms with Crippen LogP contribution in [0.5, 0.6) is 0 Å². The molecule has 1 aliphatic heterocycles. The molecule has 1 aromatic heterocycles. The summed E-state index contributed by atoms with van der Waals surface area (Å²) in [5, 5.41) is 18.0. The first-order chi connectivity index (χ1) is 8.77. The molecule has 1 N–H and O–H groups in total. The number of carbonyl (C=O) groups is 1. The number of fused-ring (bicyclic) bond motifs is 1. The first-order valence-electron chi connectivity index (χ1n) is 5.66. The Bertz CT molecular complexity index is 583. The highest BCUT2D eigenvalue weighted by molar-refractivity contribution is 7.12. The fourth-order valence-electron chi connectivity index (χ4n) is 2.31. The highest BCUT2D eigenvalue weighted by atomic mass is 32.1. The van der Waals surface area contributed by atoms with Gasteiger partial charge in [0.25, 0.3) is 0 Å². The molecular formula is C12H11N3O2S. The number of hydrogen-bond acceptors (Lipinski definition) is 4. The maximum absolute atomic E-state index is 11.2. The van der Waals surface area contributed by atoms with Crippen LogP contribution in [0.15, 0.2) is 23.7 Å². The average Bonchev–Trinajstić information content (AvgIpc) is 2.91. The third kappa shape index (κ3) is 1.74. The number of hydrogen-bond donors (Lipinski definition) is 1. The minimum atomic E-state index is -0.898. The molecule has 0 saturated carbocycles. The fourth-order valence-corrected chi connectivity index (χ4v) is 2.92. The van der Waals surface area contributed by atoms with Gasteiger partial charge in [0.1, 0.15) is 10.5 Å². The lowest BCUT2D eigenvalue weighted by atomic mass is 9.97. The van der Waals surface area contributed by atoms with Gasteiger partial charge >= 0.3 is 6.09 Å². The maximum atomic E-state index is 11.2. The Morgan fingerprint density at radius 2 is 2.33 bits per heavy atom. The molecular weight excluding hydrogens is 250 g/mol. The number of rotatable bonds is 1. The Morgan fingerprint density at radius 1 is 1.44 bits per heavy atom. The molecule has 0 aliphatic carbocycles. The summed E-state index contributed by atoms with van der Waals surface area (Å²) in [5.74, 6) is 0. The molecule has 1 aliphatic rings. The normalized spacial score (nSPS) is 14.3. The van der Waals surface area contributed by atoms with Crippen molar-refractivity contribution in [3.63, 3.8) is 0 Å². The van der Waals surface area contributed by atoms with Crippen LogP contribution in [0.25, 0.3) is 10.6 Å². The largest absolute Gasteiger partial charge is 0.465 e. The topological polar surface area (TPSA) is 66.3 Å². The van der Waals surface area contributed by atoms with Gasteiger partial charge in [-0.1, -0.05) is 23.5 Å². The van der Waals surface area contributed by atoms with Crippen molar-refractivity contribution < 1.29 is 9.90 Å². The minimum absolute atomic E-state index is 0.557. The van der Waals surface area contributed by atoms with E-state index in [1.165, 1.54) is 16.2 Å². The summed E-state index contributed by atoms with van der Waals surface area (Å²) in [7, 11) is 0. The van der Waals surface area contributed by atoms with Crippen molar-refractivity contribution in [2.24, 2.45) is 0 Å². The van der Waals surface area contributed by atoms with Gasteiger partial charge in [-0.15, -0.1) is 10.2 Å². The maximum Gasteiger partial charge on any atom is 0.411 e. The molecule has 5 nitrogen and oxygen atoms in total. The van der Waals surface area contributed by atoms with Gasteiger partial charge in [-0.2, -0.15) is 0 Å². The Morgan fingerprint density at radius 3 is 3.06 bits per heavy atom. The van der Waals surface area contributed by atoms with E-state index in [4.69, 9.17) is 0 Å². The van der Waals surface area contributed by atoms with Gasteiger partial charge in [-0.3, -0.25) is 4.90 Å². The number of aromatic nitrogens is 2. The van der Waals surface area contributed by atoms with Crippen LogP contribution in [0.3, 0.4) is 0 Å². The molecule has 2 aromatic rings. The number of anilines is 1. The van der Waals surface area contributed by atoms with Crippen molar-refractivity contribution in [1.82, 2.24) is 10.2 Å². The van der Waals surface area contributed by atoms with E-state index in [0.717, 1.165) is 34.7 Å². The zero-order valence-electron chi connectivity index (χ0n) is 9.54. The van der Waals surface area contributed by atoms with E-state index in [9.17, 15) is 9.90 Å². The zero-order valence-corrected chi connectivity index (χ0v) is 10.4. The van der Waals surface area contributed by atoms with Crippen LogP contribution in [0.2, 0.25) is 0 Å². The molecule has 1 aromatic carbocycles. The predicted octanol–water partition coefficient (Wildman–Crippen LogP) is 2.64. The van der Waals surface area contributed by atoms with Crippen LogP contribution in [0.4, 0.5) is 10.5 Å². The summed E-state index contributed by atoms with van der Waals surface area (Å²) in [6, 6.07) is 5.70. The third-order valence-corrected chi connectivity index (χ3v) is 3.80. The van der Waals surface area contributed by atoms with E-state index in [-0.39, 0.29) is 0 Å². The van der Waals surface area contributed by atoms with Gasteiger partial charge in [0.15, 0.2) is 0 Å². The lowest BCUT2D eigenvalue weighted by Crippen LogP contribution is -2.34. The van der Waals surface area contributed by atoms with Gasteiger partial charge in [-0.05, 0) is 24.5 Å². The molecule has 0 spiro atoms. The first kappa shape index (κ1) is 11.2. The summed E-state index contributed by atoms with van der Waals surface area (Å²) in [4.78, 5) is 12.6. The van der Waals surface area contributed by atoms with Crippen LogP contribution < -0.4 is 4.90 Å². The lowest BCUT2D eigenvalue weighted by molar-refractivity contribution is 0.201. The van der Waals surface area contributed by atoms with Crippen molar-refractivity contribution in [2.75, 3.05) is 11.4 Å². The number of amides is 1. The van der Waals surface area contributed by atoms with Crippen molar-refractivity contribution >= 4 is 23.1 Å². The first-order valence-corrected chi connectivity index (χ1v) is 6.54.